The number of imide groups is 1. The summed E-state index contributed by atoms with van der Waals surface area (Å²) in [4.78, 5) is 54.6. The summed E-state index contributed by atoms with van der Waals surface area (Å²) in [6, 6.07) is 15.9. The first-order chi connectivity index (χ1) is 18.3. The van der Waals surface area contributed by atoms with Crippen molar-refractivity contribution >= 4 is 52.2 Å². The quantitative estimate of drug-likeness (QED) is 0.371. The number of aryl methyl sites for hydroxylation is 1. The van der Waals surface area contributed by atoms with Crippen LogP contribution < -0.4 is 15.1 Å². The highest BCUT2D eigenvalue weighted by Gasteiger charge is 2.57. The maximum Gasteiger partial charge on any atom is 0.308 e. The Morgan fingerprint density at radius 2 is 1.76 bits per heavy atom. The van der Waals surface area contributed by atoms with E-state index in [-0.39, 0.29) is 23.2 Å². The van der Waals surface area contributed by atoms with Gasteiger partial charge in [0, 0.05) is 5.69 Å². The second-order valence-electron chi connectivity index (χ2n) is 9.08. The fourth-order valence-corrected chi connectivity index (χ4v) is 7.61. The number of halogens is 1. The number of carbonyl (C=O) groups is 3. The topological polar surface area (TPSA) is 102 Å². The van der Waals surface area contributed by atoms with Gasteiger partial charge in [0.1, 0.15) is 23.4 Å². The molecule has 2 aliphatic rings. The van der Waals surface area contributed by atoms with Crippen LogP contribution in [0.1, 0.15) is 22.1 Å². The predicted octanol–water partition coefficient (Wildman–Crippen LogP) is 4.38. The average Bonchev–Trinajstić information content (AvgIpc) is 3.59. The third-order valence-electron chi connectivity index (χ3n) is 6.62. The molecule has 0 saturated carbocycles. The molecule has 1 fully saturated rings. The zero-order valence-corrected chi connectivity index (χ0v) is 21.6. The van der Waals surface area contributed by atoms with E-state index in [0.717, 1.165) is 28.7 Å². The molecular weight excluding hydrogens is 529 g/mol. The first kappa shape index (κ1) is 24.4. The van der Waals surface area contributed by atoms with E-state index >= 15 is 0 Å². The van der Waals surface area contributed by atoms with Crippen molar-refractivity contribution in [3.63, 3.8) is 0 Å². The van der Waals surface area contributed by atoms with E-state index < -0.39 is 28.8 Å². The maximum absolute atomic E-state index is 13.7. The highest BCUT2D eigenvalue weighted by Crippen LogP contribution is 2.53. The molecule has 4 heterocycles. The highest BCUT2D eigenvalue weighted by atomic mass is 32.2. The molecule has 38 heavy (non-hydrogen) atoms. The summed E-state index contributed by atoms with van der Waals surface area (Å²) in [5, 5.41) is 2.32. The number of fused-ring (bicyclic) bond motifs is 2. The van der Waals surface area contributed by atoms with E-state index in [1.807, 2.05) is 19.1 Å². The fourth-order valence-electron chi connectivity index (χ4n) is 4.86. The summed E-state index contributed by atoms with van der Waals surface area (Å²) >= 11 is 2.07. The predicted molar refractivity (Wildman–Crippen MR) is 141 cm³/mol. The Morgan fingerprint density at radius 3 is 2.45 bits per heavy atom. The van der Waals surface area contributed by atoms with Crippen molar-refractivity contribution in [2.24, 2.45) is 5.92 Å². The monoisotopic (exact) mass is 549 g/mol. The van der Waals surface area contributed by atoms with Gasteiger partial charge in [-0.25, -0.2) is 9.29 Å². The van der Waals surface area contributed by atoms with Crippen LogP contribution in [-0.4, -0.2) is 27.5 Å². The van der Waals surface area contributed by atoms with Gasteiger partial charge in [-0.2, -0.15) is 0 Å². The molecule has 2 aliphatic heterocycles. The normalized spacial score (nSPS) is 20.4. The summed E-state index contributed by atoms with van der Waals surface area (Å²) in [6.07, 6.45) is 1.49. The lowest BCUT2D eigenvalue weighted by Gasteiger charge is -2.29. The molecule has 8 nitrogen and oxygen atoms in total. The van der Waals surface area contributed by atoms with Crippen molar-refractivity contribution in [2.45, 2.75) is 29.7 Å². The number of nitrogens with zero attached hydrogens (tertiary/aromatic N) is 2. The van der Waals surface area contributed by atoms with Gasteiger partial charge in [-0.15, -0.1) is 0 Å². The third kappa shape index (κ3) is 4.07. The van der Waals surface area contributed by atoms with Crippen LogP contribution in [0.2, 0.25) is 0 Å². The van der Waals surface area contributed by atoms with Crippen molar-refractivity contribution in [1.82, 2.24) is 4.57 Å². The second kappa shape index (κ2) is 9.41. The van der Waals surface area contributed by atoms with Gasteiger partial charge in [0.05, 0.1) is 33.7 Å². The van der Waals surface area contributed by atoms with Crippen LogP contribution in [0.25, 0.3) is 0 Å². The lowest BCUT2D eigenvalue weighted by molar-refractivity contribution is -0.122. The molecule has 0 spiro atoms. The van der Waals surface area contributed by atoms with Crippen LogP contribution in [0.3, 0.4) is 0 Å². The SMILES string of the molecule is Cc1ccc(N2C(=O)C3Sc4c(sc(=O)n4CC(=O)Nc4ccc(F)cc4)C(c4ccco4)C3C2=O)cc1. The number of aromatic nitrogens is 1. The number of hydrogen-bond acceptors (Lipinski definition) is 7. The van der Waals surface area contributed by atoms with Gasteiger partial charge in [-0.3, -0.25) is 23.7 Å². The molecule has 0 radical (unpaired) electrons. The number of benzene rings is 2. The summed E-state index contributed by atoms with van der Waals surface area (Å²) in [5.74, 6) is -2.60. The first-order valence-corrected chi connectivity index (χ1v) is 13.4. The first-order valence-electron chi connectivity index (χ1n) is 11.8. The van der Waals surface area contributed by atoms with E-state index in [4.69, 9.17) is 4.42 Å². The molecule has 2 aromatic heterocycles. The Labute approximate surface area is 224 Å². The molecule has 3 unspecified atom stereocenters. The lowest BCUT2D eigenvalue weighted by Crippen LogP contribution is -2.32. The summed E-state index contributed by atoms with van der Waals surface area (Å²) < 4.78 is 20.2. The van der Waals surface area contributed by atoms with Gasteiger partial charge in [0.15, 0.2) is 0 Å². The van der Waals surface area contributed by atoms with Gasteiger partial charge in [-0.1, -0.05) is 40.8 Å². The van der Waals surface area contributed by atoms with E-state index in [9.17, 15) is 23.6 Å². The molecule has 4 aromatic rings. The minimum absolute atomic E-state index is 0.304. The van der Waals surface area contributed by atoms with Crippen molar-refractivity contribution in [2.75, 3.05) is 10.2 Å². The molecule has 1 saturated heterocycles. The number of thioether (sulfide) groups is 1. The van der Waals surface area contributed by atoms with Crippen LogP contribution in [0.5, 0.6) is 0 Å². The number of carbonyl (C=O) groups excluding carboxylic acids is 3. The van der Waals surface area contributed by atoms with Crippen molar-refractivity contribution < 1.29 is 23.2 Å². The number of anilines is 2. The van der Waals surface area contributed by atoms with Gasteiger partial charge < -0.3 is 9.73 Å². The largest absolute Gasteiger partial charge is 0.469 e. The van der Waals surface area contributed by atoms with Crippen LogP contribution in [0, 0.1) is 18.7 Å². The average molecular weight is 550 g/mol. The van der Waals surface area contributed by atoms with Crippen LogP contribution in [0.15, 0.2) is 81.2 Å². The number of hydrogen-bond donors (Lipinski definition) is 1. The number of nitrogens with one attached hydrogen (secondary N) is 1. The van der Waals surface area contributed by atoms with Gasteiger partial charge in [0.2, 0.25) is 17.7 Å². The Morgan fingerprint density at radius 1 is 1.03 bits per heavy atom. The molecule has 0 bridgehead atoms. The molecule has 0 aliphatic carbocycles. The summed E-state index contributed by atoms with van der Waals surface area (Å²) in [5.41, 5.74) is 1.87. The number of amides is 3. The van der Waals surface area contributed by atoms with Gasteiger partial charge in [0.25, 0.3) is 0 Å². The molecule has 11 heteroatoms. The fraction of sp³-hybridized carbons (Fsp3) is 0.185. The smallest absolute Gasteiger partial charge is 0.308 e. The molecular formula is C27H20FN3O5S2. The number of rotatable bonds is 5. The Bertz CT molecular complexity index is 1610. The molecule has 6 rings (SSSR count). The van der Waals surface area contributed by atoms with E-state index in [1.54, 1.807) is 24.3 Å². The number of furan rings is 1. The Balaban J connectivity index is 1.38. The molecule has 3 atom stereocenters. The van der Waals surface area contributed by atoms with Gasteiger partial charge >= 0.3 is 4.87 Å². The summed E-state index contributed by atoms with van der Waals surface area (Å²) in [7, 11) is 0. The molecule has 3 amide bonds. The lowest BCUT2D eigenvalue weighted by atomic mass is 9.87. The second-order valence-corrected chi connectivity index (χ2v) is 11.2. The zero-order valence-electron chi connectivity index (χ0n) is 19.9. The van der Waals surface area contributed by atoms with E-state index in [1.165, 1.54) is 40.0 Å². The van der Waals surface area contributed by atoms with Crippen molar-refractivity contribution in [3.8, 4) is 0 Å². The minimum atomic E-state index is -0.799. The minimum Gasteiger partial charge on any atom is -0.469 e. The molecule has 192 valence electrons. The van der Waals surface area contributed by atoms with Crippen molar-refractivity contribution in [3.05, 3.63) is 98.6 Å². The Hall–Kier alpha value is -3.96. The van der Waals surface area contributed by atoms with Crippen LogP contribution >= 0.6 is 23.1 Å². The highest BCUT2D eigenvalue weighted by molar-refractivity contribution is 8.00. The van der Waals surface area contributed by atoms with Crippen LogP contribution in [-0.2, 0) is 20.9 Å². The Kier molecular flexibility index (Phi) is 6.04. The maximum atomic E-state index is 13.7. The molecule has 2 aromatic carbocycles. The molecule has 1 N–H and O–H groups in total. The van der Waals surface area contributed by atoms with E-state index in [0.29, 0.717) is 27.0 Å². The zero-order chi connectivity index (χ0) is 26.6. The summed E-state index contributed by atoms with van der Waals surface area (Å²) in [6.45, 7) is 1.62. The van der Waals surface area contributed by atoms with Crippen LogP contribution in [0.4, 0.5) is 15.8 Å². The standard InChI is InChI=1S/C27H20FN3O5S2/c1-14-4-10-17(11-5-14)31-24(33)21-20(18-3-2-12-36-18)23-26(37-22(21)25(31)34)30(27(35)38-23)13-19(32)29-16-8-6-15(28)7-9-16/h2-12,20-22H,13H2,1H3,(H,29,32). The third-order valence-corrected chi connectivity index (χ3v) is 9.22. The van der Waals surface area contributed by atoms with Crippen molar-refractivity contribution in [1.29, 1.82) is 0 Å². The van der Waals surface area contributed by atoms with E-state index in [2.05, 4.69) is 5.32 Å². The van der Waals surface area contributed by atoms with Gasteiger partial charge in [-0.05, 0) is 55.5 Å². The number of thiazole rings is 1.